The highest BCUT2D eigenvalue weighted by Crippen LogP contribution is 2.24. The first-order valence-corrected chi connectivity index (χ1v) is 7.96. The van der Waals surface area contributed by atoms with Crippen LogP contribution in [0.25, 0.3) is 10.9 Å². The van der Waals surface area contributed by atoms with Gasteiger partial charge in [-0.2, -0.15) is 0 Å². The van der Waals surface area contributed by atoms with Crippen molar-refractivity contribution in [2.24, 2.45) is 0 Å². The minimum atomic E-state index is -0.749. The molecule has 2 rings (SSSR count). The molecular formula is C19H19NO6. The Hall–Kier alpha value is -3.22. The number of carbonyl (C=O) groups is 3. The summed E-state index contributed by atoms with van der Waals surface area (Å²) in [6.07, 6.45) is 1.94. The number of nitrogens with zero attached hydrogens (tertiary/aromatic N) is 1. The van der Waals surface area contributed by atoms with Crippen molar-refractivity contribution in [2.75, 3.05) is 13.7 Å². The second kappa shape index (κ2) is 8.75. The van der Waals surface area contributed by atoms with E-state index in [1.165, 1.54) is 7.11 Å². The van der Waals surface area contributed by atoms with E-state index in [0.717, 1.165) is 17.5 Å². The van der Waals surface area contributed by atoms with Crippen LogP contribution in [0.4, 0.5) is 0 Å². The highest BCUT2D eigenvalue weighted by atomic mass is 16.5. The summed E-state index contributed by atoms with van der Waals surface area (Å²) in [5.41, 5.74) is 1.90. The SMILES string of the molecule is CCOC(=O)/C=C/C(=O)OCc1nc2ccccc2c(C)c1C(=O)OC. The zero-order valence-corrected chi connectivity index (χ0v) is 14.8. The third-order valence-electron chi connectivity index (χ3n) is 3.61. The number of para-hydroxylation sites is 1. The standard InChI is InChI=1S/C19H19NO6/c1-4-25-16(21)9-10-17(22)26-11-15-18(19(23)24-3)12(2)13-7-5-6-8-14(13)20-15/h5-10H,4,11H2,1-3H3/b10-9+. The largest absolute Gasteiger partial charge is 0.465 e. The molecule has 0 saturated carbocycles. The molecule has 2 aromatic rings. The first-order valence-electron chi connectivity index (χ1n) is 7.96. The number of ether oxygens (including phenoxy) is 3. The summed E-state index contributed by atoms with van der Waals surface area (Å²) >= 11 is 0. The lowest BCUT2D eigenvalue weighted by Crippen LogP contribution is -2.13. The van der Waals surface area contributed by atoms with Crippen molar-refractivity contribution in [3.63, 3.8) is 0 Å². The molecule has 0 bridgehead atoms. The Labute approximate surface area is 150 Å². The topological polar surface area (TPSA) is 91.8 Å². The van der Waals surface area contributed by atoms with Crippen molar-refractivity contribution in [1.29, 1.82) is 0 Å². The third-order valence-corrected chi connectivity index (χ3v) is 3.61. The molecule has 0 spiro atoms. The number of aryl methyl sites for hydroxylation is 1. The van der Waals surface area contributed by atoms with Gasteiger partial charge in [-0.25, -0.2) is 19.4 Å². The lowest BCUT2D eigenvalue weighted by Gasteiger charge is -2.13. The number of carbonyl (C=O) groups excluding carboxylic acids is 3. The lowest BCUT2D eigenvalue weighted by atomic mass is 10.0. The van der Waals surface area contributed by atoms with E-state index in [-0.39, 0.29) is 24.5 Å². The van der Waals surface area contributed by atoms with Crippen molar-refractivity contribution in [3.8, 4) is 0 Å². The number of hydrogen-bond acceptors (Lipinski definition) is 7. The molecule has 0 aliphatic rings. The van der Waals surface area contributed by atoms with Gasteiger partial charge in [0.15, 0.2) is 0 Å². The molecule has 0 aliphatic heterocycles. The normalized spacial score (nSPS) is 10.7. The van der Waals surface area contributed by atoms with Gasteiger partial charge in [-0.3, -0.25) is 0 Å². The van der Waals surface area contributed by atoms with Crippen molar-refractivity contribution >= 4 is 28.8 Å². The van der Waals surface area contributed by atoms with Gasteiger partial charge in [-0.15, -0.1) is 0 Å². The van der Waals surface area contributed by atoms with E-state index in [9.17, 15) is 14.4 Å². The van der Waals surface area contributed by atoms with Gasteiger partial charge in [0, 0.05) is 17.5 Å². The number of hydrogen-bond donors (Lipinski definition) is 0. The van der Waals surface area contributed by atoms with Crippen LogP contribution in [0.5, 0.6) is 0 Å². The molecule has 7 heteroatoms. The summed E-state index contributed by atoms with van der Waals surface area (Å²) in [5.74, 6) is -1.95. The molecule has 7 nitrogen and oxygen atoms in total. The summed E-state index contributed by atoms with van der Waals surface area (Å²) in [5, 5.41) is 0.810. The Morgan fingerprint density at radius 2 is 1.73 bits per heavy atom. The monoisotopic (exact) mass is 357 g/mol. The molecule has 0 aliphatic carbocycles. The second-order valence-corrected chi connectivity index (χ2v) is 5.26. The van der Waals surface area contributed by atoms with Crippen LogP contribution in [0.1, 0.15) is 28.5 Å². The van der Waals surface area contributed by atoms with E-state index < -0.39 is 17.9 Å². The van der Waals surface area contributed by atoms with Gasteiger partial charge >= 0.3 is 17.9 Å². The molecule has 1 aromatic carbocycles. The summed E-state index contributed by atoms with van der Waals surface area (Å²) in [6, 6.07) is 7.32. The Morgan fingerprint density at radius 3 is 2.38 bits per heavy atom. The highest BCUT2D eigenvalue weighted by Gasteiger charge is 2.20. The van der Waals surface area contributed by atoms with Crippen molar-refractivity contribution < 1.29 is 28.6 Å². The highest BCUT2D eigenvalue weighted by molar-refractivity contribution is 5.98. The lowest BCUT2D eigenvalue weighted by molar-refractivity contribution is -0.141. The molecule has 1 heterocycles. The van der Waals surface area contributed by atoms with Crippen LogP contribution in [-0.2, 0) is 30.4 Å². The van der Waals surface area contributed by atoms with Gasteiger partial charge < -0.3 is 14.2 Å². The van der Waals surface area contributed by atoms with Crippen LogP contribution in [-0.4, -0.2) is 36.6 Å². The predicted octanol–water partition coefficient (Wildman–Crippen LogP) is 2.49. The Bertz CT molecular complexity index is 872. The zero-order valence-electron chi connectivity index (χ0n) is 14.8. The van der Waals surface area contributed by atoms with E-state index in [2.05, 4.69) is 9.72 Å². The van der Waals surface area contributed by atoms with Crippen molar-refractivity contribution in [2.45, 2.75) is 20.5 Å². The summed E-state index contributed by atoms with van der Waals surface area (Å²) in [4.78, 5) is 39.5. The summed E-state index contributed by atoms with van der Waals surface area (Å²) < 4.78 is 14.6. The van der Waals surface area contributed by atoms with Crippen molar-refractivity contribution in [1.82, 2.24) is 4.98 Å². The summed E-state index contributed by atoms with van der Waals surface area (Å²) in [6.45, 7) is 3.41. The molecular weight excluding hydrogens is 338 g/mol. The van der Waals surface area contributed by atoms with Crippen LogP contribution < -0.4 is 0 Å². The van der Waals surface area contributed by atoms with E-state index >= 15 is 0 Å². The van der Waals surface area contributed by atoms with E-state index in [0.29, 0.717) is 11.1 Å². The van der Waals surface area contributed by atoms with Crippen LogP contribution in [0, 0.1) is 6.92 Å². The third kappa shape index (κ3) is 4.44. The maximum atomic E-state index is 12.2. The molecule has 0 unspecified atom stereocenters. The fraction of sp³-hybridized carbons (Fsp3) is 0.263. The number of aromatic nitrogens is 1. The van der Waals surface area contributed by atoms with Crippen LogP contribution >= 0.6 is 0 Å². The zero-order chi connectivity index (χ0) is 19.1. The molecule has 0 saturated heterocycles. The number of rotatable bonds is 6. The fourth-order valence-electron chi connectivity index (χ4n) is 2.43. The molecule has 0 fully saturated rings. The van der Waals surface area contributed by atoms with Gasteiger partial charge in [0.2, 0.25) is 0 Å². The van der Waals surface area contributed by atoms with Gasteiger partial charge in [-0.05, 0) is 25.5 Å². The number of methoxy groups -OCH3 is 1. The molecule has 0 atom stereocenters. The molecule has 0 N–H and O–H groups in total. The maximum absolute atomic E-state index is 12.2. The first-order chi connectivity index (χ1) is 12.5. The molecule has 0 radical (unpaired) electrons. The molecule has 1 aromatic heterocycles. The van der Waals surface area contributed by atoms with Gasteiger partial charge in [0.05, 0.1) is 30.5 Å². The van der Waals surface area contributed by atoms with E-state index in [1.807, 2.05) is 18.2 Å². The van der Waals surface area contributed by atoms with Crippen LogP contribution in [0.3, 0.4) is 0 Å². The first kappa shape index (κ1) is 19.1. The average Bonchev–Trinajstić information content (AvgIpc) is 2.64. The van der Waals surface area contributed by atoms with Crippen LogP contribution in [0.2, 0.25) is 0 Å². The Kier molecular flexibility index (Phi) is 6.43. The molecule has 0 amide bonds. The van der Waals surface area contributed by atoms with Crippen molar-refractivity contribution in [3.05, 3.63) is 53.2 Å². The Morgan fingerprint density at radius 1 is 1.08 bits per heavy atom. The van der Waals surface area contributed by atoms with Gasteiger partial charge in [0.1, 0.15) is 6.61 Å². The number of benzene rings is 1. The average molecular weight is 357 g/mol. The fourth-order valence-corrected chi connectivity index (χ4v) is 2.43. The second-order valence-electron chi connectivity index (χ2n) is 5.26. The van der Waals surface area contributed by atoms with Crippen LogP contribution in [0.15, 0.2) is 36.4 Å². The molecule has 136 valence electrons. The van der Waals surface area contributed by atoms with Gasteiger partial charge in [0.25, 0.3) is 0 Å². The predicted molar refractivity (Wildman–Crippen MR) is 93.4 cm³/mol. The summed E-state index contributed by atoms with van der Waals surface area (Å²) in [7, 11) is 1.27. The smallest absolute Gasteiger partial charge is 0.340 e. The number of pyridine rings is 1. The van der Waals surface area contributed by atoms with E-state index in [4.69, 9.17) is 9.47 Å². The minimum Gasteiger partial charge on any atom is -0.465 e. The molecule has 26 heavy (non-hydrogen) atoms. The number of fused-ring (bicyclic) bond motifs is 1. The maximum Gasteiger partial charge on any atom is 0.340 e. The number of esters is 3. The minimum absolute atomic E-state index is 0.209. The van der Waals surface area contributed by atoms with Gasteiger partial charge in [-0.1, -0.05) is 18.2 Å². The Balaban J connectivity index is 2.26. The quantitative estimate of drug-likeness (QED) is 0.445. The van der Waals surface area contributed by atoms with E-state index in [1.54, 1.807) is 19.9 Å².